The lowest BCUT2D eigenvalue weighted by atomic mass is 10.1. The fourth-order valence-electron chi connectivity index (χ4n) is 2.68. The summed E-state index contributed by atoms with van der Waals surface area (Å²) < 4.78 is 7.15. The molecule has 126 valence electrons. The van der Waals surface area contributed by atoms with E-state index < -0.39 is 0 Å². The topological polar surface area (TPSA) is 84.4 Å². The summed E-state index contributed by atoms with van der Waals surface area (Å²) in [6.07, 6.45) is 5.42. The lowest BCUT2D eigenvalue weighted by molar-refractivity contribution is 0.0544. The molecule has 0 aliphatic rings. The third-order valence-electron chi connectivity index (χ3n) is 4.09. The fraction of sp³-hybridized carbons (Fsp3) is 0.353. The van der Waals surface area contributed by atoms with Gasteiger partial charge in [-0.1, -0.05) is 6.92 Å². The molecule has 7 heteroatoms. The van der Waals surface area contributed by atoms with Gasteiger partial charge in [-0.2, -0.15) is 0 Å². The number of fused-ring (bicyclic) bond motifs is 1. The Morgan fingerprint density at radius 1 is 1.46 bits per heavy atom. The molecule has 1 amide bonds. The van der Waals surface area contributed by atoms with Crippen molar-refractivity contribution in [3.8, 4) is 0 Å². The molecule has 3 aromatic rings. The van der Waals surface area contributed by atoms with Crippen molar-refractivity contribution >= 4 is 17.1 Å². The number of aryl methyl sites for hydroxylation is 1. The quantitative estimate of drug-likeness (QED) is 0.748. The van der Waals surface area contributed by atoms with Gasteiger partial charge in [0.25, 0.3) is 5.91 Å². The van der Waals surface area contributed by atoms with Crippen molar-refractivity contribution in [1.82, 2.24) is 19.4 Å². The third-order valence-corrected chi connectivity index (χ3v) is 4.09. The summed E-state index contributed by atoms with van der Waals surface area (Å²) in [5.41, 5.74) is 1.83. The Hall–Kier alpha value is -2.67. The lowest BCUT2D eigenvalue weighted by Crippen LogP contribution is -2.41. The first-order valence-electron chi connectivity index (χ1n) is 7.85. The Bertz CT molecular complexity index is 822. The number of hydrogen-bond donors (Lipinski definition) is 1. The SMILES string of the molecule is CCC(CO)N(Cc1ccco1)C(=O)c1cnc2c(c1)ncn2C. The van der Waals surface area contributed by atoms with Crippen LogP contribution in [0.25, 0.3) is 11.2 Å². The number of rotatable bonds is 6. The molecule has 0 spiro atoms. The van der Waals surface area contributed by atoms with Gasteiger partial charge in [0, 0.05) is 13.2 Å². The van der Waals surface area contributed by atoms with Gasteiger partial charge in [0.05, 0.1) is 37.3 Å². The van der Waals surface area contributed by atoms with Crippen molar-refractivity contribution in [2.75, 3.05) is 6.61 Å². The standard InChI is InChI=1S/C17H20N4O3/c1-3-13(10-22)21(9-14-5-4-6-24-14)17(23)12-7-15-16(18-8-12)20(2)11-19-15/h4-8,11,13,22H,3,9-10H2,1-2H3. The second-order valence-corrected chi connectivity index (χ2v) is 5.68. The number of aliphatic hydroxyl groups is 1. The van der Waals surface area contributed by atoms with E-state index in [9.17, 15) is 9.90 Å². The highest BCUT2D eigenvalue weighted by Crippen LogP contribution is 2.18. The number of carbonyl (C=O) groups excluding carboxylic acids is 1. The number of amides is 1. The van der Waals surface area contributed by atoms with Crippen molar-refractivity contribution in [3.05, 3.63) is 48.3 Å². The summed E-state index contributed by atoms with van der Waals surface area (Å²) >= 11 is 0. The molecule has 7 nitrogen and oxygen atoms in total. The summed E-state index contributed by atoms with van der Waals surface area (Å²) in [4.78, 5) is 23.2. The first kappa shape index (κ1) is 16.2. The van der Waals surface area contributed by atoms with Gasteiger partial charge in [0.1, 0.15) is 11.3 Å². The fourth-order valence-corrected chi connectivity index (χ4v) is 2.68. The number of nitrogens with zero attached hydrogens (tertiary/aromatic N) is 4. The first-order chi connectivity index (χ1) is 11.6. The molecule has 3 heterocycles. The maximum absolute atomic E-state index is 13.0. The molecule has 0 bridgehead atoms. The summed E-state index contributed by atoms with van der Waals surface area (Å²) in [6, 6.07) is 5.02. The first-order valence-corrected chi connectivity index (χ1v) is 7.85. The Balaban J connectivity index is 1.93. The number of hydrogen-bond acceptors (Lipinski definition) is 5. The van der Waals surface area contributed by atoms with Crippen molar-refractivity contribution < 1.29 is 14.3 Å². The van der Waals surface area contributed by atoms with Crippen LogP contribution in [0.4, 0.5) is 0 Å². The molecular formula is C17H20N4O3. The Kier molecular flexibility index (Phi) is 4.61. The molecule has 3 aromatic heterocycles. The van der Waals surface area contributed by atoms with Crippen LogP contribution in [0, 0.1) is 0 Å². The van der Waals surface area contributed by atoms with Gasteiger partial charge in [-0.3, -0.25) is 4.79 Å². The van der Waals surface area contributed by atoms with E-state index in [1.54, 1.807) is 40.4 Å². The Labute approximate surface area is 139 Å². The lowest BCUT2D eigenvalue weighted by Gasteiger charge is -2.29. The highest BCUT2D eigenvalue weighted by atomic mass is 16.3. The predicted molar refractivity (Wildman–Crippen MR) is 88.3 cm³/mol. The minimum atomic E-state index is -0.290. The second-order valence-electron chi connectivity index (χ2n) is 5.68. The maximum atomic E-state index is 13.0. The van der Waals surface area contributed by atoms with Gasteiger partial charge >= 0.3 is 0 Å². The normalized spacial score (nSPS) is 12.5. The zero-order valence-corrected chi connectivity index (χ0v) is 13.7. The molecule has 0 aromatic carbocycles. The van der Waals surface area contributed by atoms with E-state index in [0.29, 0.717) is 29.8 Å². The molecule has 0 fully saturated rings. The summed E-state index contributed by atoms with van der Waals surface area (Å²) in [5.74, 6) is 0.467. The average Bonchev–Trinajstić information content (AvgIpc) is 3.24. The van der Waals surface area contributed by atoms with Crippen LogP contribution in [0.1, 0.15) is 29.5 Å². The van der Waals surface area contributed by atoms with Gasteiger partial charge in [0.15, 0.2) is 5.65 Å². The van der Waals surface area contributed by atoms with Crippen molar-refractivity contribution in [3.63, 3.8) is 0 Å². The number of carbonyl (C=O) groups is 1. The molecule has 24 heavy (non-hydrogen) atoms. The van der Waals surface area contributed by atoms with E-state index >= 15 is 0 Å². The average molecular weight is 328 g/mol. The molecule has 0 saturated carbocycles. The van der Waals surface area contributed by atoms with Gasteiger partial charge < -0.3 is 19.0 Å². The van der Waals surface area contributed by atoms with Crippen molar-refractivity contribution in [2.24, 2.45) is 7.05 Å². The summed E-state index contributed by atoms with van der Waals surface area (Å²) in [6.45, 7) is 2.12. The molecule has 1 atom stereocenters. The summed E-state index contributed by atoms with van der Waals surface area (Å²) in [5, 5.41) is 9.64. The van der Waals surface area contributed by atoms with E-state index in [4.69, 9.17) is 4.42 Å². The van der Waals surface area contributed by atoms with Gasteiger partial charge in [-0.25, -0.2) is 9.97 Å². The molecule has 3 rings (SSSR count). The van der Waals surface area contributed by atoms with E-state index in [1.807, 2.05) is 20.0 Å². The van der Waals surface area contributed by atoms with E-state index in [-0.39, 0.29) is 18.6 Å². The van der Waals surface area contributed by atoms with E-state index in [2.05, 4.69) is 9.97 Å². The van der Waals surface area contributed by atoms with Gasteiger partial charge in [-0.05, 0) is 24.6 Å². The highest BCUT2D eigenvalue weighted by molar-refractivity contribution is 5.96. The van der Waals surface area contributed by atoms with Crippen molar-refractivity contribution in [2.45, 2.75) is 25.9 Å². The van der Waals surface area contributed by atoms with Crippen LogP contribution in [-0.4, -0.2) is 43.1 Å². The Morgan fingerprint density at radius 3 is 2.96 bits per heavy atom. The maximum Gasteiger partial charge on any atom is 0.256 e. The van der Waals surface area contributed by atoms with Gasteiger partial charge in [0.2, 0.25) is 0 Å². The largest absolute Gasteiger partial charge is 0.467 e. The van der Waals surface area contributed by atoms with E-state index in [0.717, 1.165) is 5.65 Å². The summed E-state index contributed by atoms with van der Waals surface area (Å²) in [7, 11) is 1.85. The van der Waals surface area contributed by atoms with E-state index in [1.165, 1.54) is 0 Å². The van der Waals surface area contributed by atoms with Crippen LogP contribution >= 0.6 is 0 Å². The van der Waals surface area contributed by atoms with Crippen LogP contribution in [0.3, 0.4) is 0 Å². The minimum Gasteiger partial charge on any atom is -0.467 e. The third kappa shape index (κ3) is 3.03. The molecule has 1 N–H and O–H groups in total. The Morgan fingerprint density at radius 2 is 2.29 bits per heavy atom. The highest BCUT2D eigenvalue weighted by Gasteiger charge is 2.25. The number of aliphatic hydroxyl groups excluding tert-OH is 1. The second kappa shape index (κ2) is 6.84. The van der Waals surface area contributed by atoms with Crippen LogP contribution in [0.5, 0.6) is 0 Å². The van der Waals surface area contributed by atoms with Crippen LogP contribution in [0.2, 0.25) is 0 Å². The number of pyridine rings is 1. The number of imidazole rings is 1. The van der Waals surface area contributed by atoms with Crippen LogP contribution in [-0.2, 0) is 13.6 Å². The minimum absolute atomic E-state index is 0.109. The van der Waals surface area contributed by atoms with Crippen molar-refractivity contribution in [1.29, 1.82) is 0 Å². The molecule has 0 aliphatic heterocycles. The smallest absolute Gasteiger partial charge is 0.256 e. The monoisotopic (exact) mass is 328 g/mol. The van der Waals surface area contributed by atoms with Crippen LogP contribution < -0.4 is 0 Å². The number of furan rings is 1. The molecular weight excluding hydrogens is 308 g/mol. The molecule has 0 radical (unpaired) electrons. The molecule has 1 unspecified atom stereocenters. The molecule has 0 saturated heterocycles. The zero-order valence-electron chi connectivity index (χ0n) is 13.7. The van der Waals surface area contributed by atoms with Crippen LogP contribution in [0.15, 0.2) is 41.4 Å². The predicted octanol–water partition coefficient (Wildman–Crippen LogP) is 1.97. The number of aromatic nitrogens is 3. The van der Waals surface area contributed by atoms with Gasteiger partial charge in [-0.15, -0.1) is 0 Å². The zero-order chi connectivity index (χ0) is 17.1. The molecule has 0 aliphatic carbocycles.